The molecule has 0 radical (unpaired) electrons. The average molecular weight is 551 g/mol. The molecule has 4 aromatic carbocycles. The van der Waals surface area contributed by atoms with Gasteiger partial charge in [-0.25, -0.2) is 0 Å². The van der Waals surface area contributed by atoms with Crippen molar-refractivity contribution in [2.45, 2.75) is 12.2 Å². The smallest absolute Gasteiger partial charge is 0.397 e. The summed E-state index contributed by atoms with van der Waals surface area (Å²) < 4.78 is 39.7. The largest absolute Gasteiger partial charge is 0.407 e. The highest BCUT2D eigenvalue weighted by Gasteiger charge is 2.37. The molecule has 0 amide bonds. The molecule has 0 fully saturated rings. The fourth-order valence-corrected chi connectivity index (χ4v) is 4.61. The van der Waals surface area contributed by atoms with Gasteiger partial charge in [-0.15, -0.1) is 0 Å². The fraction of sp³-hybridized carbons (Fsp3) is 0.0882. The number of anilines is 3. The van der Waals surface area contributed by atoms with Gasteiger partial charge >= 0.3 is 6.18 Å². The summed E-state index contributed by atoms with van der Waals surface area (Å²) in [6.07, 6.45) is -1.91. The van der Waals surface area contributed by atoms with Crippen LogP contribution in [0.4, 0.5) is 30.2 Å². The van der Waals surface area contributed by atoms with Crippen LogP contribution in [0.5, 0.6) is 0 Å². The van der Waals surface area contributed by atoms with E-state index in [2.05, 4.69) is 58.8 Å². The second kappa shape index (κ2) is 12.1. The first-order valence-electron chi connectivity index (χ1n) is 13.1. The lowest BCUT2D eigenvalue weighted by Crippen LogP contribution is -2.38. The van der Waals surface area contributed by atoms with Gasteiger partial charge in [-0.05, 0) is 71.8 Å². The monoisotopic (exact) mass is 550 g/mol. The third kappa shape index (κ3) is 6.48. The van der Waals surface area contributed by atoms with Crippen LogP contribution in [-0.2, 0) is 0 Å². The van der Waals surface area contributed by atoms with E-state index in [0.717, 1.165) is 45.4 Å². The van der Waals surface area contributed by atoms with Crippen LogP contribution in [0, 0.1) is 0 Å². The van der Waals surface area contributed by atoms with Crippen molar-refractivity contribution in [2.24, 2.45) is 5.73 Å². The second-order valence-corrected chi connectivity index (χ2v) is 9.49. The number of halogens is 3. The molecule has 0 spiro atoms. The van der Waals surface area contributed by atoms with E-state index < -0.39 is 12.2 Å². The van der Waals surface area contributed by atoms with Crippen molar-refractivity contribution in [3.05, 3.63) is 139 Å². The van der Waals surface area contributed by atoms with Crippen molar-refractivity contribution in [1.29, 1.82) is 0 Å². The van der Waals surface area contributed by atoms with E-state index in [1.807, 2.05) is 65.6 Å². The van der Waals surface area contributed by atoms with Crippen molar-refractivity contribution < 1.29 is 13.2 Å². The SMILES string of the molecule is CNC(/C=C(\N)c1ccc(N(c2ccc(-c3ccccc3)cc2)c2ccc(-c3ccccc3)cc2)cn1)C(F)(F)F. The third-order valence-corrected chi connectivity index (χ3v) is 6.78. The maximum Gasteiger partial charge on any atom is 0.407 e. The fourth-order valence-electron chi connectivity index (χ4n) is 4.61. The Hall–Kier alpha value is -4.88. The lowest BCUT2D eigenvalue weighted by Gasteiger charge is -2.26. The molecule has 206 valence electrons. The molecule has 5 rings (SSSR count). The Balaban J connectivity index is 1.51. The van der Waals surface area contributed by atoms with Crippen molar-refractivity contribution >= 4 is 22.8 Å². The topological polar surface area (TPSA) is 54.2 Å². The van der Waals surface area contributed by atoms with Gasteiger partial charge in [0.25, 0.3) is 0 Å². The molecule has 0 aliphatic carbocycles. The lowest BCUT2D eigenvalue weighted by molar-refractivity contribution is -0.143. The summed E-state index contributed by atoms with van der Waals surface area (Å²) in [6, 6.07) is 38.2. The highest BCUT2D eigenvalue weighted by Crippen LogP contribution is 2.36. The summed E-state index contributed by atoms with van der Waals surface area (Å²) in [5.74, 6) is 0. The van der Waals surface area contributed by atoms with Crippen molar-refractivity contribution in [1.82, 2.24) is 10.3 Å². The van der Waals surface area contributed by atoms with Gasteiger partial charge in [0, 0.05) is 11.4 Å². The van der Waals surface area contributed by atoms with Crippen LogP contribution in [0.3, 0.4) is 0 Å². The van der Waals surface area contributed by atoms with Crippen LogP contribution in [0.1, 0.15) is 5.69 Å². The van der Waals surface area contributed by atoms with Gasteiger partial charge in [0.2, 0.25) is 0 Å². The van der Waals surface area contributed by atoms with Crippen LogP contribution in [0.15, 0.2) is 134 Å². The van der Waals surface area contributed by atoms with E-state index in [9.17, 15) is 13.2 Å². The molecule has 1 atom stereocenters. The number of rotatable bonds is 8. The minimum atomic E-state index is -4.46. The standard InChI is InChI=1S/C34H29F3N4/c1-39-33(34(35,36)37)22-31(38)32-21-20-30(23-40-32)41(28-16-12-26(13-17-28)24-8-4-2-5-9-24)29-18-14-27(15-19-29)25-10-6-3-7-11-25/h2-23,33,39H,38H2,1H3/b31-22-. The molecule has 0 bridgehead atoms. The zero-order valence-corrected chi connectivity index (χ0v) is 22.4. The number of nitrogens with zero attached hydrogens (tertiary/aromatic N) is 2. The van der Waals surface area contributed by atoms with Gasteiger partial charge in [-0.3, -0.25) is 4.98 Å². The highest BCUT2D eigenvalue weighted by molar-refractivity contribution is 5.80. The number of hydrogen-bond donors (Lipinski definition) is 2. The summed E-state index contributed by atoms with van der Waals surface area (Å²) in [4.78, 5) is 6.47. The predicted molar refractivity (Wildman–Crippen MR) is 161 cm³/mol. The Kier molecular flexibility index (Phi) is 8.17. The van der Waals surface area contributed by atoms with E-state index in [1.54, 1.807) is 18.3 Å². The Bertz CT molecular complexity index is 1500. The molecule has 0 saturated heterocycles. The van der Waals surface area contributed by atoms with Gasteiger partial charge in [0.1, 0.15) is 6.04 Å². The molecule has 41 heavy (non-hydrogen) atoms. The van der Waals surface area contributed by atoms with E-state index in [-0.39, 0.29) is 11.4 Å². The zero-order chi connectivity index (χ0) is 28.8. The summed E-state index contributed by atoms with van der Waals surface area (Å²) in [7, 11) is 1.24. The van der Waals surface area contributed by atoms with Crippen LogP contribution in [0.2, 0.25) is 0 Å². The Morgan fingerprint density at radius 2 is 1.12 bits per heavy atom. The molecule has 1 unspecified atom stereocenters. The van der Waals surface area contributed by atoms with E-state index in [4.69, 9.17) is 5.73 Å². The number of nitrogens with two attached hydrogens (primary N) is 1. The Morgan fingerprint density at radius 1 is 0.683 bits per heavy atom. The van der Waals surface area contributed by atoms with E-state index in [1.165, 1.54) is 7.05 Å². The number of hydrogen-bond acceptors (Lipinski definition) is 4. The zero-order valence-electron chi connectivity index (χ0n) is 22.4. The second-order valence-electron chi connectivity index (χ2n) is 9.49. The molecular formula is C34H29F3N4. The molecular weight excluding hydrogens is 521 g/mol. The number of benzene rings is 4. The minimum absolute atomic E-state index is 0.0563. The lowest BCUT2D eigenvalue weighted by atomic mass is 10.0. The summed E-state index contributed by atoms with van der Waals surface area (Å²) in [5.41, 5.74) is 13.2. The summed E-state index contributed by atoms with van der Waals surface area (Å²) >= 11 is 0. The molecule has 7 heteroatoms. The van der Waals surface area contributed by atoms with E-state index in [0.29, 0.717) is 0 Å². The van der Waals surface area contributed by atoms with Gasteiger partial charge in [0.15, 0.2) is 0 Å². The van der Waals surface area contributed by atoms with Crippen LogP contribution in [0.25, 0.3) is 28.0 Å². The highest BCUT2D eigenvalue weighted by atomic mass is 19.4. The Morgan fingerprint density at radius 3 is 1.51 bits per heavy atom. The molecule has 3 N–H and O–H groups in total. The van der Waals surface area contributed by atoms with Gasteiger partial charge in [0.05, 0.1) is 23.3 Å². The maximum atomic E-state index is 13.2. The maximum absolute atomic E-state index is 13.2. The molecule has 1 aromatic heterocycles. The molecule has 0 saturated carbocycles. The van der Waals surface area contributed by atoms with Crippen molar-refractivity contribution in [2.75, 3.05) is 11.9 Å². The Labute approximate surface area is 237 Å². The predicted octanol–water partition coefficient (Wildman–Crippen LogP) is 8.34. The first-order chi connectivity index (χ1) is 19.8. The van der Waals surface area contributed by atoms with Crippen LogP contribution in [-0.4, -0.2) is 24.2 Å². The van der Waals surface area contributed by atoms with Crippen molar-refractivity contribution in [3.8, 4) is 22.3 Å². The van der Waals surface area contributed by atoms with Gasteiger partial charge < -0.3 is 16.0 Å². The average Bonchev–Trinajstić information content (AvgIpc) is 3.01. The first kappa shape index (κ1) is 27.7. The van der Waals surface area contributed by atoms with Crippen LogP contribution < -0.4 is 16.0 Å². The molecule has 5 aromatic rings. The molecule has 0 aliphatic rings. The minimum Gasteiger partial charge on any atom is -0.397 e. The first-order valence-corrected chi connectivity index (χ1v) is 13.1. The van der Waals surface area contributed by atoms with Gasteiger partial charge in [-0.1, -0.05) is 84.9 Å². The van der Waals surface area contributed by atoms with Crippen molar-refractivity contribution in [3.63, 3.8) is 0 Å². The van der Waals surface area contributed by atoms with Gasteiger partial charge in [-0.2, -0.15) is 13.2 Å². The number of aromatic nitrogens is 1. The number of nitrogens with one attached hydrogen (secondary N) is 1. The molecule has 1 heterocycles. The number of alkyl halides is 3. The molecule has 4 nitrogen and oxygen atoms in total. The number of pyridine rings is 1. The normalized spacial score (nSPS) is 12.6. The summed E-state index contributed by atoms with van der Waals surface area (Å²) in [5, 5.41) is 2.23. The van der Waals surface area contributed by atoms with Crippen LogP contribution >= 0.6 is 0 Å². The third-order valence-electron chi connectivity index (χ3n) is 6.78. The molecule has 0 aliphatic heterocycles. The quantitative estimate of drug-likeness (QED) is 0.204. The van der Waals surface area contributed by atoms with E-state index >= 15 is 0 Å². The summed E-state index contributed by atoms with van der Waals surface area (Å²) in [6.45, 7) is 0. The number of likely N-dealkylation sites (N-methyl/N-ethyl adjacent to an activating group) is 1.